The lowest BCUT2D eigenvalue weighted by Crippen LogP contribution is -2.17. The molecule has 0 amide bonds. The fourth-order valence-corrected chi connectivity index (χ4v) is 2.88. The highest BCUT2D eigenvalue weighted by Gasteiger charge is 2.20. The third-order valence-electron chi connectivity index (χ3n) is 3.84. The predicted octanol–water partition coefficient (Wildman–Crippen LogP) is 2.04. The van der Waals surface area contributed by atoms with Gasteiger partial charge in [0, 0.05) is 25.1 Å². The first-order valence-corrected chi connectivity index (χ1v) is 7.22. The number of nitrogens with one attached hydrogen (secondary N) is 1. The maximum absolute atomic E-state index is 9.32. The van der Waals surface area contributed by atoms with Gasteiger partial charge in [-0.3, -0.25) is 0 Å². The summed E-state index contributed by atoms with van der Waals surface area (Å²) in [4.78, 5) is 12.2. The molecule has 21 heavy (non-hydrogen) atoms. The molecule has 112 valence electrons. The van der Waals surface area contributed by atoms with E-state index < -0.39 is 0 Å². The number of aliphatic hydroxyl groups excluding tert-OH is 1. The Morgan fingerprint density at radius 2 is 2.33 bits per heavy atom. The molecule has 3 aromatic rings. The minimum absolute atomic E-state index is 0.0798. The van der Waals surface area contributed by atoms with Crippen molar-refractivity contribution in [1.82, 2.24) is 19.5 Å². The molecule has 0 saturated carbocycles. The Hall–Kier alpha value is -1.92. The number of H-pyrrole nitrogens is 1. The van der Waals surface area contributed by atoms with Gasteiger partial charge >= 0.3 is 0 Å². The van der Waals surface area contributed by atoms with Crippen LogP contribution in [0.15, 0.2) is 18.5 Å². The van der Waals surface area contributed by atoms with E-state index in [1.54, 1.807) is 13.3 Å². The van der Waals surface area contributed by atoms with E-state index in [0.29, 0.717) is 13.0 Å². The first-order chi connectivity index (χ1) is 10.3. The summed E-state index contributed by atoms with van der Waals surface area (Å²) < 4.78 is 7.56. The summed E-state index contributed by atoms with van der Waals surface area (Å²) in [6.45, 7) is 2.83. The number of hydrogen-bond donors (Lipinski definition) is 2. The van der Waals surface area contributed by atoms with Crippen molar-refractivity contribution >= 4 is 22.1 Å². The monoisotopic (exact) mass is 288 g/mol. The fraction of sp³-hybridized carbons (Fsp3) is 0.467. The van der Waals surface area contributed by atoms with E-state index in [0.717, 1.165) is 34.3 Å². The topological polar surface area (TPSA) is 76.0 Å². The zero-order valence-electron chi connectivity index (χ0n) is 12.3. The average Bonchev–Trinajstić information content (AvgIpc) is 3.08. The van der Waals surface area contributed by atoms with Crippen LogP contribution in [0.5, 0.6) is 0 Å². The van der Waals surface area contributed by atoms with Crippen LogP contribution in [0.4, 0.5) is 0 Å². The van der Waals surface area contributed by atoms with Crippen molar-refractivity contribution < 1.29 is 9.84 Å². The number of imidazole rings is 1. The Bertz CT molecular complexity index is 747. The highest BCUT2D eigenvalue weighted by Crippen LogP contribution is 2.29. The molecule has 1 atom stereocenters. The Morgan fingerprint density at radius 3 is 3.05 bits per heavy atom. The van der Waals surface area contributed by atoms with Crippen molar-refractivity contribution in [3.8, 4) is 0 Å². The van der Waals surface area contributed by atoms with Gasteiger partial charge in [0.2, 0.25) is 0 Å². The van der Waals surface area contributed by atoms with Gasteiger partial charge < -0.3 is 19.4 Å². The second kappa shape index (κ2) is 5.83. The van der Waals surface area contributed by atoms with Gasteiger partial charge in [-0.15, -0.1) is 0 Å². The summed E-state index contributed by atoms with van der Waals surface area (Å²) in [5, 5.41) is 10.4. The summed E-state index contributed by atoms with van der Waals surface area (Å²) >= 11 is 0. The van der Waals surface area contributed by atoms with Crippen molar-refractivity contribution in [3.05, 3.63) is 24.3 Å². The number of fused-ring (bicyclic) bond motifs is 3. The van der Waals surface area contributed by atoms with Crippen LogP contribution in [0.25, 0.3) is 22.1 Å². The first-order valence-electron chi connectivity index (χ1n) is 7.22. The molecule has 0 radical (unpaired) electrons. The van der Waals surface area contributed by atoms with E-state index in [1.807, 2.05) is 12.3 Å². The molecule has 0 aromatic carbocycles. The number of nitrogens with zero attached hydrogens (tertiary/aromatic N) is 3. The van der Waals surface area contributed by atoms with E-state index in [2.05, 4.69) is 26.4 Å². The van der Waals surface area contributed by atoms with Crippen LogP contribution in [-0.4, -0.2) is 44.9 Å². The predicted molar refractivity (Wildman–Crippen MR) is 81.4 cm³/mol. The Labute approximate surface area is 122 Å². The second-order valence-corrected chi connectivity index (χ2v) is 5.12. The first kappa shape index (κ1) is 14.0. The number of aromatic nitrogens is 4. The van der Waals surface area contributed by atoms with Crippen molar-refractivity contribution in [1.29, 1.82) is 0 Å². The summed E-state index contributed by atoms with van der Waals surface area (Å²) in [5.74, 6) is 0.881. The maximum atomic E-state index is 9.32. The zero-order chi connectivity index (χ0) is 14.8. The SMILES string of the molecule is CCC(COC)n1c(CCO)nc2cnc3[nH]ccc3c21. The smallest absolute Gasteiger partial charge is 0.139 e. The molecule has 3 rings (SSSR count). The highest BCUT2D eigenvalue weighted by atomic mass is 16.5. The van der Waals surface area contributed by atoms with Crippen LogP contribution in [0.2, 0.25) is 0 Å². The Morgan fingerprint density at radius 1 is 1.48 bits per heavy atom. The Balaban J connectivity index is 2.29. The van der Waals surface area contributed by atoms with E-state index >= 15 is 0 Å². The molecule has 6 heteroatoms. The van der Waals surface area contributed by atoms with E-state index in [1.165, 1.54) is 0 Å². The number of pyridine rings is 1. The third-order valence-corrected chi connectivity index (χ3v) is 3.84. The van der Waals surface area contributed by atoms with Crippen LogP contribution < -0.4 is 0 Å². The molecule has 0 fully saturated rings. The van der Waals surface area contributed by atoms with Crippen LogP contribution in [0.1, 0.15) is 25.2 Å². The molecule has 3 heterocycles. The molecular weight excluding hydrogens is 268 g/mol. The lowest BCUT2D eigenvalue weighted by Gasteiger charge is -2.19. The van der Waals surface area contributed by atoms with Crippen molar-refractivity contribution in [2.24, 2.45) is 0 Å². The van der Waals surface area contributed by atoms with Crippen LogP contribution in [0, 0.1) is 0 Å². The number of hydrogen-bond acceptors (Lipinski definition) is 4. The number of ether oxygens (including phenoxy) is 1. The summed E-state index contributed by atoms with van der Waals surface area (Å²) in [5.41, 5.74) is 2.78. The van der Waals surface area contributed by atoms with Gasteiger partial charge in [-0.2, -0.15) is 0 Å². The van der Waals surface area contributed by atoms with Gasteiger partial charge in [-0.1, -0.05) is 6.92 Å². The molecule has 0 saturated heterocycles. The Kier molecular flexibility index (Phi) is 3.90. The van der Waals surface area contributed by atoms with Crippen LogP contribution >= 0.6 is 0 Å². The lowest BCUT2D eigenvalue weighted by molar-refractivity contribution is 0.153. The second-order valence-electron chi connectivity index (χ2n) is 5.12. The molecular formula is C15H20N4O2. The van der Waals surface area contributed by atoms with E-state index in [-0.39, 0.29) is 12.6 Å². The normalized spacial score (nSPS) is 13.3. The van der Waals surface area contributed by atoms with E-state index in [9.17, 15) is 5.11 Å². The molecule has 0 aliphatic carbocycles. The molecule has 0 aliphatic heterocycles. The molecule has 0 aliphatic rings. The number of rotatable bonds is 6. The zero-order valence-corrected chi connectivity index (χ0v) is 12.3. The fourth-order valence-electron chi connectivity index (χ4n) is 2.88. The van der Waals surface area contributed by atoms with Crippen LogP contribution in [0.3, 0.4) is 0 Å². The van der Waals surface area contributed by atoms with Crippen LogP contribution in [-0.2, 0) is 11.2 Å². The minimum Gasteiger partial charge on any atom is -0.396 e. The largest absolute Gasteiger partial charge is 0.396 e. The lowest BCUT2D eigenvalue weighted by atomic mass is 10.2. The maximum Gasteiger partial charge on any atom is 0.139 e. The summed E-state index contributed by atoms with van der Waals surface area (Å²) in [6, 6.07) is 2.22. The molecule has 2 N–H and O–H groups in total. The average molecular weight is 288 g/mol. The highest BCUT2D eigenvalue weighted by molar-refractivity contribution is 6.01. The molecule has 6 nitrogen and oxygen atoms in total. The van der Waals surface area contributed by atoms with Crippen molar-refractivity contribution in [2.45, 2.75) is 25.8 Å². The third kappa shape index (κ3) is 2.30. The molecule has 0 spiro atoms. The van der Waals surface area contributed by atoms with Crippen molar-refractivity contribution in [2.75, 3.05) is 20.3 Å². The quantitative estimate of drug-likeness (QED) is 0.728. The standard InChI is InChI=1S/C15H20N4O2/c1-3-10(9-21-2)19-13(5-7-20)18-12-8-17-15-11(14(12)19)4-6-16-15/h4,6,8,10,20H,3,5,7,9H2,1-2H3,(H,16,17). The van der Waals surface area contributed by atoms with Gasteiger partial charge in [0.1, 0.15) is 17.0 Å². The summed E-state index contributed by atoms with van der Waals surface area (Å²) in [6.07, 6.45) is 5.13. The van der Waals surface area contributed by atoms with Crippen molar-refractivity contribution in [3.63, 3.8) is 0 Å². The summed E-state index contributed by atoms with van der Waals surface area (Å²) in [7, 11) is 1.71. The molecule has 0 bridgehead atoms. The van der Waals surface area contributed by atoms with E-state index in [4.69, 9.17) is 4.74 Å². The minimum atomic E-state index is 0.0798. The number of aromatic amines is 1. The molecule has 1 unspecified atom stereocenters. The van der Waals surface area contributed by atoms with Gasteiger partial charge in [-0.05, 0) is 12.5 Å². The van der Waals surface area contributed by atoms with Gasteiger partial charge in [0.25, 0.3) is 0 Å². The van der Waals surface area contributed by atoms with Gasteiger partial charge in [-0.25, -0.2) is 9.97 Å². The molecule has 3 aromatic heterocycles. The number of methoxy groups -OCH3 is 1. The van der Waals surface area contributed by atoms with Gasteiger partial charge in [0.05, 0.1) is 31.0 Å². The van der Waals surface area contributed by atoms with Gasteiger partial charge in [0.15, 0.2) is 0 Å². The number of aliphatic hydroxyl groups is 1.